The van der Waals surface area contributed by atoms with Crippen molar-refractivity contribution in [2.24, 2.45) is 10.8 Å². The van der Waals surface area contributed by atoms with Crippen LogP contribution in [0.4, 0.5) is 19.4 Å². The molecule has 1 atom stereocenters. The molecule has 10 heteroatoms. The number of amides is 2. The van der Waals surface area contributed by atoms with Crippen LogP contribution in [-0.4, -0.2) is 81.2 Å². The molecule has 5 heterocycles. The van der Waals surface area contributed by atoms with Crippen LogP contribution in [0, 0.1) is 10.8 Å². The van der Waals surface area contributed by atoms with Gasteiger partial charge in [0.2, 0.25) is 0 Å². The van der Waals surface area contributed by atoms with Gasteiger partial charge in [0.25, 0.3) is 5.92 Å². The van der Waals surface area contributed by atoms with E-state index in [9.17, 15) is 13.6 Å². The second-order valence-electron chi connectivity index (χ2n) is 12.5. The average Bonchev–Trinajstić information content (AvgIpc) is 3.55. The van der Waals surface area contributed by atoms with E-state index in [1.807, 2.05) is 27.0 Å². The molecule has 36 heavy (non-hydrogen) atoms. The lowest BCUT2D eigenvalue weighted by atomic mass is 9.57. The SMILES string of the molecule is O=C(N1CC(c2ccc(N3CCC4(C3)CC4(F)F)nc2)C1)N1CC2(CC(c3n[nH]c(C4CC4)n3)C2)C1. The second-order valence-corrected chi connectivity index (χ2v) is 12.5. The summed E-state index contributed by atoms with van der Waals surface area (Å²) in [4.78, 5) is 28.1. The summed E-state index contributed by atoms with van der Waals surface area (Å²) in [6.45, 7) is 4.16. The highest BCUT2D eigenvalue weighted by Gasteiger charge is 2.72. The van der Waals surface area contributed by atoms with Gasteiger partial charge in [-0.1, -0.05) is 6.07 Å². The first kappa shape index (κ1) is 21.3. The van der Waals surface area contributed by atoms with Gasteiger partial charge in [-0.05, 0) is 43.7 Å². The molecule has 0 radical (unpaired) electrons. The molecule has 190 valence electrons. The van der Waals surface area contributed by atoms with Crippen LogP contribution in [0.2, 0.25) is 0 Å². The number of carbonyl (C=O) groups excluding carboxylic acids is 1. The maximum atomic E-state index is 13.7. The molecular weight excluding hydrogens is 464 g/mol. The Kier molecular flexibility index (Phi) is 4.12. The fraction of sp³-hybridized carbons (Fsp3) is 0.692. The molecule has 3 saturated carbocycles. The normalized spacial score (nSPS) is 30.4. The van der Waals surface area contributed by atoms with Crippen LogP contribution in [0.5, 0.6) is 0 Å². The van der Waals surface area contributed by atoms with Gasteiger partial charge in [0.05, 0.1) is 5.41 Å². The lowest BCUT2D eigenvalue weighted by Gasteiger charge is -2.59. The van der Waals surface area contributed by atoms with Gasteiger partial charge in [-0.2, -0.15) is 5.10 Å². The third kappa shape index (κ3) is 3.14. The largest absolute Gasteiger partial charge is 0.356 e. The number of carbonyl (C=O) groups is 1. The fourth-order valence-electron chi connectivity index (χ4n) is 7.10. The van der Waals surface area contributed by atoms with E-state index in [1.54, 1.807) is 0 Å². The van der Waals surface area contributed by atoms with Crippen molar-refractivity contribution in [3.63, 3.8) is 0 Å². The molecule has 2 aromatic heterocycles. The summed E-state index contributed by atoms with van der Waals surface area (Å²) in [7, 11) is 0. The predicted molar refractivity (Wildman–Crippen MR) is 127 cm³/mol. The quantitative estimate of drug-likeness (QED) is 0.700. The highest BCUT2D eigenvalue weighted by atomic mass is 19.3. The van der Waals surface area contributed by atoms with Gasteiger partial charge in [-0.3, -0.25) is 5.10 Å². The van der Waals surface area contributed by atoms with Crippen molar-refractivity contribution in [1.29, 1.82) is 0 Å². The summed E-state index contributed by atoms with van der Waals surface area (Å²) < 4.78 is 27.4. The highest BCUT2D eigenvalue weighted by Crippen LogP contribution is 2.65. The maximum Gasteiger partial charge on any atom is 0.320 e. The first-order chi connectivity index (χ1) is 17.3. The molecule has 1 unspecified atom stereocenters. The first-order valence-corrected chi connectivity index (χ1v) is 13.4. The molecule has 2 spiro atoms. The summed E-state index contributed by atoms with van der Waals surface area (Å²) in [5.74, 6) is 1.62. The molecule has 8 rings (SSSR count). The van der Waals surface area contributed by atoms with E-state index in [0.29, 0.717) is 50.4 Å². The number of alkyl halides is 2. The van der Waals surface area contributed by atoms with Crippen molar-refractivity contribution in [2.75, 3.05) is 44.2 Å². The van der Waals surface area contributed by atoms with Crippen LogP contribution in [0.25, 0.3) is 0 Å². The Labute approximate surface area is 208 Å². The third-order valence-electron chi connectivity index (χ3n) is 9.81. The number of pyridine rings is 1. The van der Waals surface area contributed by atoms with E-state index in [4.69, 9.17) is 4.98 Å². The molecule has 3 aliphatic heterocycles. The molecule has 0 bridgehead atoms. The second kappa shape index (κ2) is 6.95. The van der Waals surface area contributed by atoms with Crippen LogP contribution < -0.4 is 4.90 Å². The van der Waals surface area contributed by atoms with Gasteiger partial charge in [0.1, 0.15) is 11.6 Å². The maximum absolute atomic E-state index is 13.7. The molecule has 8 nitrogen and oxygen atoms in total. The Morgan fingerprint density at radius 3 is 2.44 bits per heavy atom. The van der Waals surface area contributed by atoms with Gasteiger partial charge in [0.15, 0.2) is 5.82 Å². The number of hydrogen-bond donors (Lipinski definition) is 1. The first-order valence-electron chi connectivity index (χ1n) is 13.4. The number of halogens is 2. The number of likely N-dealkylation sites (tertiary alicyclic amines) is 2. The number of aromatic nitrogens is 4. The van der Waals surface area contributed by atoms with Crippen LogP contribution >= 0.6 is 0 Å². The van der Waals surface area contributed by atoms with Gasteiger partial charge >= 0.3 is 6.03 Å². The number of anilines is 1. The summed E-state index contributed by atoms with van der Waals surface area (Å²) in [6.07, 6.45) is 7.03. The Bertz CT molecular complexity index is 1210. The minimum absolute atomic E-state index is 0.0157. The molecular formula is C26H31F2N7O. The number of rotatable bonds is 4. The Hall–Kier alpha value is -2.78. The van der Waals surface area contributed by atoms with Crippen LogP contribution in [0.3, 0.4) is 0 Å². The molecule has 3 aliphatic carbocycles. The fourth-order valence-corrected chi connectivity index (χ4v) is 7.10. The van der Waals surface area contributed by atoms with Crippen molar-refractivity contribution in [3.05, 3.63) is 35.5 Å². The monoisotopic (exact) mass is 495 g/mol. The van der Waals surface area contributed by atoms with Gasteiger partial charge in [-0.15, -0.1) is 0 Å². The standard InChI is InChI=1S/C26H31F2N7O/c27-26(28)12-25(26)5-6-33(15-25)20-4-3-17(9-29-20)19-10-34(11-19)23(36)35-13-24(14-35)7-18(8-24)22-30-21(31-32-22)16-1-2-16/h3-4,9,16,18-19H,1-2,5-8,10-15H2,(H,30,31,32). The van der Waals surface area contributed by atoms with Gasteiger partial charge < -0.3 is 14.7 Å². The van der Waals surface area contributed by atoms with E-state index in [2.05, 4.69) is 21.2 Å². The smallest absolute Gasteiger partial charge is 0.320 e. The van der Waals surface area contributed by atoms with Crippen molar-refractivity contribution >= 4 is 11.8 Å². The summed E-state index contributed by atoms with van der Waals surface area (Å²) in [6, 6.07) is 4.15. The Morgan fingerprint density at radius 1 is 1.03 bits per heavy atom. The molecule has 2 amide bonds. The minimum Gasteiger partial charge on any atom is -0.356 e. The number of hydrogen-bond acceptors (Lipinski definition) is 5. The van der Waals surface area contributed by atoms with Crippen molar-refractivity contribution in [1.82, 2.24) is 30.0 Å². The van der Waals surface area contributed by atoms with E-state index < -0.39 is 11.3 Å². The van der Waals surface area contributed by atoms with Crippen molar-refractivity contribution in [2.45, 2.75) is 62.2 Å². The number of urea groups is 1. The topological polar surface area (TPSA) is 81.3 Å². The molecule has 1 N–H and O–H groups in total. The van der Waals surface area contributed by atoms with Crippen molar-refractivity contribution in [3.8, 4) is 0 Å². The molecule has 0 aromatic carbocycles. The van der Waals surface area contributed by atoms with Gasteiger partial charge in [0, 0.05) is 75.1 Å². The van der Waals surface area contributed by atoms with Crippen LogP contribution in [0.15, 0.2) is 18.3 Å². The van der Waals surface area contributed by atoms with E-state index >= 15 is 0 Å². The zero-order valence-electron chi connectivity index (χ0n) is 20.3. The lowest BCUT2D eigenvalue weighted by Crippen LogP contribution is -2.67. The average molecular weight is 496 g/mol. The van der Waals surface area contributed by atoms with E-state index in [-0.39, 0.29) is 17.9 Å². The van der Waals surface area contributed by atoms with Crippen LogP contribution in [-0.2, 0) is 0 Å². The number of aromatic amines is 1. The molecule has 2 aromatic rings. The van der Waals surface area contributed by atoms with Crippen LogP contribution in [0.1, 0.15) is 73.5 Å². The van der Waals surface area contributed by atoms with E-state index in [0.717, 1.165) is 49.0 Å². The zero-order chi connectivity index (χ0) is 24.3. The third-order valence-corrected chi connectivity index (χ3v) is 9.81. The van der Waals surface area contributed by atoms with E-state index in [1.165, 1.54) is 12.8 Å². The zero-order valence-corrected chi connectivity index (χ0v) is 20.3. The molecule has 6 aliphatic rings. The van der Waals surface area contributed by atoms with Crippen molar-refractivity contribution < 1.29 is 13.6 Å². The number of nitrogens with zero attached hydrogens (tertiary/aromatic N) is 6. The molecule has 6 fully saturated rings. The summed E-state index contributed by atoms with van der Waals surface area (Å²) in [5.41, 5.74) is 0.573. The highest BCUT2D eigenvalue weighted by molar-refractivity contribution is 5.77. The number of H-pyrrole nitrogens is 1. The minimum atomic E-state index is -2.50. The predicted octanol–water partition coefficient (Wildman–Crippen LogP) is 3.71. The lowest BCUT2D eigenvalue weighted by molar-refractivity contribution is -0.0601. The Balaban J connectivity index is 0.807. The number of nitrogens with one attached hydrogen (secondary N) is 1. The summed E-state index contributed by atoms with van der Waals surface area (Å²) >= 11 is 0. The van der Waals surface area contributed by atoms with Gasteiger partial charge in [-0.25, -0.2) is 23.5 Å². The summed E-state index contributed by atoms with van der Waals surface area (Å²) in [5, 5.41) is 7.56. The Morgan fingerprint density at radius 2 is 1.81 bits per heavy atom. The molecule has 3 saturated heterocycles.